The number of hydrogen-bond donors (Lipinski definition) is 0. The zero-order chi connectivity index (χ0) is 15.8. The summed E-state index contributed by atoms with van der Waals surface area (Å²) in [5.41, 5.74) is 0. The van der Waals surface area contributed by atoms with Crippen LogP contribution in [-0.2, 0) is 14.3 Å². The van der Waals surface area contributed by atoms with Gasteiger partial charge in [-0.3, -0.25) is 9.59 Å². The molecule has 3 atom stereocenters. The normalized spacial score (nSPS) is 37.5. The number of carbonyl (C=O) groups excluding carboxylic acids is 2. The fraction of sp³-hybridized carbons (Fsp3) is 0.895. The van der Waals surface area contributed by atoms with Gasteiger partial charge in [0.2, 0.25) is 5.91 Å². The molecule has 1 heterocycles. The van der Waals surface area contributed by atoms with Gasteiger partial charge in [0, 0.05) is 36.9 Å². The van der Waals surface area contributed by atoms with Crippen molar-refractivity contribution in [3.8, 4) is 0 Å². The maximum Gasteiger partial charge on any atom is 0.226 e. The van der Waals surface area contributed by atoms with Crippen LogP contribution in [0.1, 0.15) is 64.2 Å². The second-order valence-corrected chi connectivity index (χ2v) is 8.11. The quantitative estimate of drug-likeness (QED) is 0.800. The van der Waals surface area contributed by atoms with Crippen LogP contribution < -0.4 is 0 Å². The molecule has 4 heteroatoms. The third-order valence-corrected chi connectivity index (χ3v) is 6.63. The van der Waals surface area contributed by atoms with Gasteiger partial charge < -0.3 is 9.64 Å². The molecule has 3 unspecified atom stereocenters. The van der Waals surface area contributed by atoms with Gasteiger partial charge in [-0.25, -0.2) is 0 Å². The minimum absolute atomic E-state index is 0.0900. The maximum atomic E-state index is 13.3. The fourth-order valence-electron chi connectivity index (χ4n) is 5.35. The molecular formula is C19H29NO3. The molecule has 4 fully saturated rings. The number of nitrogens with zero attached hydrogens (tertiary/aromatic N) is 1. The zero-order valence-electron chi connectivity index (χ0n) is 14.0. The molecule has 0 N–H and O–H groups in total. The second-order valence-electron chi connectivity index (χ2n) is 8.11. The summed E-state index contributed by atoms with van der Waals surface area (Å²) < 4.78 is 5.80. The first-order valence-corrected chi connectivity index (χ1v) is 9.68. The smallest absolute Gasteiger partial charge is 0.226 e. The Kier molecular flexibility index (Phi) is 4.44. The van der Waals surface area contributed by atoms with E-state index in [0.717, 1.165) is 64.5 Å². The van der Waals surface area contributed by atoms with Crippen molar-refractivity contribution in [1.82, 2.24) is 4.90 Å². The average molecular weight is 319 g/mol. The minimum Gasteiger partial charge on any atom is -0.376 e. The Morgan fingerprint density at radius 2 is 1.70 bits per heavy atom. The van der Waals surface area contributed by atoms with Gasteiger partial charge in [-0.2, -0.15) is 0 Å². The third-order valence-electron chi connectivity index (χ3n) is 6.63. The Balaban J connectivity index is 1.46. The van der Waals surface area contributed by atoms with Gasteiger partial charge in [0.05, 0.1) is 6.10 Å². The molecule has 4 rings (SSSR count). The lowest BCUT2D eigenvalue weighted by molar-refractivity contribution is -0.143. The fourth-order valence-corrected chi connectivity index (χ4v) is 5.35. The van der Waals surface area contributed by atoms with E-state index in [9.17, 15) is 9.59 Å². The standard InChI is InChI=1S/C19H29NO3/c21-18-13-7-8-14(18)11-15(10-13)19(22)20(16-4-1-2-5-16)12-17-6-3-9-23-17/h13-17H,1-12H2. The van der Waals surface area contributed by atoms with Crippen LogP contribution in [0.2, 0.25) is 0 Å². The van der Waals surface area contributed by atoms with Crippen LogP contribution >= 0.6 is 0 Å². The first-order valence-electron chi connectivity index (χ1n) is 9.68. The average Bonchev–Trinajstić information content (AvgIpc) is 3.27. The Bertz CT molecular complexity index is 449. The van der Waals surface area contributed by atoms with Crippen LogP contribution in [0.3, 0.4) is 0 Å². The van der Waals surface area contributed by atoms with Gasteiger partial charge in [-0.05, 0) is 51.4 Å². The largest absolute Gasteiger partial charge is 0.376 e. The summed E-state index contributed by atoms with van der Waals surface area (Å²) in [7, 11) is 0. The van der Waals surface area contributed by atoms with Crippen molar-refractivity contribution < 1.29 is 14.3 Å². The van der Waals surface area contributed by atoms with E-state index in [0.29, 0.717) is 17.7 Å². The van der Waals surface area contributed by atoms with Crippen molar-refractivity contribution in [2.24, 2.45) is 17.8 Å². The highest BCUT2D eigenvalue weighted by molar-refractivity contribution is 5.89. The Morgan fingerprint density at radius 1 is 1.00 bits per heavy atom. The molecule has 4 aliphatic rings. The van der Waals surface area contributed by atoms with Crippen LogP contribution in [0, 0.1) is 17.8 Å². The van der Waals surface area contributed by atoms with E-state index in [-0.39, 0.29) is 23.9 Å². The molecule has 0 spiro atoms. The summed E-state index contributed by atoms with van der Waals surface area (Å²) in [5, 5.41) is 0. The number of ether oxygens (including phenoxy) is 1. The maximum absolute atomic E-state index is 13.3. The molecule has 2 bridgehead atoms. The molecule has 1 aliphatic heterocycles. The van der Waals surface area contributed by atoms with E-state index in [1.54, 1.807) is 0 Å². The van der Waals surface area contributed by atoms with Crippen LogP contribution in [0.5, 0.6) is 0 Å². The van der Waals surface area contributed by atoms with Crippen LogP contribution in [0.15, 0.2) is 0 Å². The molecule has 0 aromatic carbocycles. The SMILES string of the molecule is O=C1C2CCC1CC(C(=O)N(CC1CCCO1)C1CCCC1)C2. The van der Waals surface area contributed by atoms with Gasteiger partial charge in [-0.15, -0.1) is 0 Å². The molecule has 3 saturated carbocycles. The van der Waals surface area contributed by atoms with Crippen molar-refractivity contribution in [3.05, 3.63) is 0 Å². The molecular weight excluding hydrogens is 290 g/mol. The molecule has 1 saturated heterocycles. The Labute approximate surface area is 138 Å². The van der Waals surface area contributed by atoms with Crippen molar-refractivity contribution in [1.29, 1.82) is 0 Å². The number of carbonyl (C=O) groups is 2. The topological polar surface area (TPSA) is 46.6 Å². The Morgan fingerprint density at radius 3 is 2.30 bits per heavy atom. The van der Waals surface area contributed by atoms with Gasteiger partial charge in [0.15, 0.2) is 0 Å². The summed E-state index contributed by atoms with van der Waals surface area (Å²) >= 11 is 0. The van der Waals surface area contributed by atoms with Gasteiger partial charge >= 0.3 is 0 Å². The molecule has 4 nitrogen and oxygen atoms in total. The van der Waals surface area contributed by atoms with E-state index >= 15 is 0 Å². The van der Waals surface area contributed by atoms with E-state index < -0.39 is 0 Å². The van der Waals surface area contributed by atoms with E-state index in [1.807, 2.05) is 0 Å². The van der Waals surface area contributed by atoms with Crippen molar-refractivity contribution in [3.63, 3.8) is 0 Å². The molecule has 128 valence electrons. The molecule has 0 aromatic heterocycles. The molecule has 0 radical (unpaired) electrons. The van der Waals surface area contributed by atoms with Gasteiger partial charge in [0.1, 0.15) is 5.78 Å². The summed E-state index contributed by atoms with van der Waals surface area (Å²) in [5.74, 6) is 1.22. The third kappa shape index (κ3) is 3.07. The lowest BCUT2D eigenvalue weighted by atomic mass is 9.79. The summed E-state index contributed by atoms with van der Waals surface area (Å²) in [4.78, 5) is 27.5. The van der Waals surface area contributed by atoms with E-state index in [4.69, 9.17) is 4.74 Å². The lowest BCUT2D eigenvalue weighted by Crippen LogP contribution is -2.48. The molecule has 3 aliphatic carbocycles. The summed E-state index contributed by atoms with van der Waals surface area (Å²) in [6.07, 6.45) is 10.9. The summed E-state index contributed by atoms with van der Waals surface area (Å²) in [6.45, 7) is 1.63. The number of Topliss-reactive ketones (excluding diaryl/α,β-unsaturated/α-hetero) is 1. The first-order chi connectivity index (χ1) is 11.2. The predicted molar refractivity (Wildman–Crippen MR) is 86.9 cm³/mol. The summed E-state index contributed by atoms with van der Waals surface area (Å²) in [6, 6.07) is 0.419. The first kappa shape index (κ1) is 15.6. The number of fused-ring (bicyclic) bond motifs is 2. The monoisotopic (exact) mass is 319 g/mol. The second kappa shape index (κ2) is 6.54. The highest BCUT2D eigenvalue weighted by Crippen LogP contribution is 2.43. The van der Waals surface area contributed by atoms with Crippen LogP contribution in [-0.4, -0.2) is 41.9 Å². The highest BCUT2D eigenvalue weighted by atomic mass is 16.5. The molecule has 0 aromatic rings. The molecule has 1 amide bonds. The number of rotatable bonds is 4. The van der Waals surface area contributed by atoms with E-state index in [2.05, 4.69) is 4.90 Å². The van der Waals surface area contributed by atoms with Gasteiger partial charge in [-0.1, -0.05) is 12.8 Å². The number of ketones is 1. The van der Waals surface area contributed by atoms with Crippen LogP contribution in [0.4, 0.5) is 0 Å². The van der Waals surface area contributed by atoms with Gasteiger partial charge in [0.25, 0.3) is 0 Å². The number of amides is 1. The van der Waals surface area contributed by atoms with Crippen LogP contribution in [0.25, 0.3) is 0 Å². The predicted octanol–water partition coefficient (Wildman–Crippen LogP) is 2.94. The zero-order valence-corrected chi connectivity index (χ0v) is 14.0. The van der Waals surface area contributed by atoms with E-state index in [1.165, 1.54) is 12.8 Å². The minimum atomic E-state index is 0.0900. The molecule has 23 heavy (non-hydrogen) atoms. The number of hydrogen-bond acceptors (Lipinski definition) is 3. The van der Waals surface area contributed by atoms with Crippen molar-refractivity contribution in [2.75, 3.05) is 13.2 Å². The highest BCUT2D eigenvalue weighted by Gasteiger charge is 2.45. The Hall–Kier alpha value is -0.900. The lowest BCUT2D eigenvalue weighted by Gasteiger charge is -2.36. The van der Waals surface area contributed by atoms with Crippen molar-refractivity contribution in [2.45, 2.75) is 76.4 Å². The van der Waals surface area contributed by atoms with Crippen molar-refractivity contribution >= 4 is 11.7 Å².